The number of nitriles is 1. The van der Waals surface area contributed by atoms with E-state index in [1.807, 2.05) is 24.4 Å². The lowest BCUT2D eigenvalue weighted by Gasteiger charge is -2.48. The van der Waals surface area contributed by atoms with Crippen LogP contribution in [0.4, 0.5) is 10.6 Å². The summed E-state index contributed by atoms with van der Waals surface area (Å²) in [6.07, 6.45) is 7.11. The van der Waals surface area contributed by atoms with Gasteiger partial charge in [0.15, 0.2) is 0 Å². The zero-order valence-corrected chi connectivity index (χ0v) is 19.2. The summed E-state index contributed by atoms with van der Waals surface area (Å²) in [5.74, 6) is 1.46. The molecule has 172 valence electrons. The molecule has 1 N–H and O–H groups in total. The maximum absolute atomic E-state index is 12.0. The van der Waals surface area contributed by atoms with Crippen molar-refractivity contribution in [3.63, 3.8) is 0 Å². The molecule has 3 heterocycles. The van der Waals surface area contributed by atoms with Gasteiger partial charge in [-0.1, -0.05) is 18.2 Å². The van der Waals surface area contributed by atoms with Gasteiger partial charge in [-0.3, -0.25) is 9.88 Å². The highest BCUT2D eigenvalue weighted by Gasteiger charge is 2.51. The Bertz CT molecular complexity index is 1340. The second kappa shape index (κ2) is 7.69. The Hall–Kier alpha value is -3.66. The Balaban J connectivity index is 1.46. The van der Waals surface area contributed by atoms with Crippen LogP contribution < -0.4 is 4.90 Å². The Kier molecular flexibility index (Phi) is 4.73. The minimum atomic E-state index is -0.859. The SMILES string of the molecule is C[C@@]1(C2CC2)CN(c2nc(C3CC3)c(-c3cccc4cnccc34)cc2C#N)CCN1C(=O)O. The number of hydrogen-bond donors (Lipinski definition) is 1. The molecule has 7 nitrogen and oxygen atoms in total. The average molecular weight is 454 g/mol. The van der Waals surface area contributed by atoms with Gasteiger partial charge >= 0.3 is 6.09 Å². The van der Waals surface area contributed by atoms with E-state index < -0.39 is 11.6 Å². The number of hydrogen-bond acceptors (Lipinski definition) is 5. The van der Waals surface area contributed by atoms with Gasteiger partial charge in [-0.25, -0.2) is 9.78 Å². The summed E-state index contributed by atoms with van der Waals surface area (Å²) in [6.45, 7) is 3.58. The number of carbonyl (C=O) groups is 1. The standard InChI is InChI=1S/C27H27N5O2/c1-27(20-7-8-20)16-31(11-12-32(27)26(33)34)25-19(14-28)13-23(24(30-25)17-5-6-17)22-4-2-3-18-15-29-10-9-21(18)22/h2-4,9-10,13,15,17,20H,5-8,11-12,16H2,1H3,(H,33,34)/t27-/m0/s1. The quantitative estimate of drug-likeness (QED) is 0.597. The zero-order chi connectivity index (χ0) is 23.4. The van der Waals surface area contributed by atoms with Crippen LogP contribution in [0.3, 0.4) is 0 Å². The first kappa shape index (κ1) is 20.9. The molecule has 3 aromatic rings. The van der Waals surface area contributed by atoms with Gasteiger partial charge in [-0.15, -0.1) is 0 Å². The van der Waals surface area contributed by atoms with Gasteiger partial charge in [0.25, 0.3) is 0 Å². The lowest BCUT2D eigenvalue weighted by Crippen LogP contribution is -2.63. The van der Waals surface area contributed by atoms with E-state index in [4.69, 9.17) is 4.98 Å². The molecule has 6 rings (SSSR count). The highest BCUT2D eigenvalue weighted by Crippen LogP contribution is 2.48. The molecule has 7 heteroatoms. The first-order valence-electron chi connectivity index (χ1n) is 12.0. The fraction of sp³-hybridized carbons (Fsp3) is 0.407. The highest BCUT2D eigenvalue weighted by atomic mass is 16.4. The molecule has 0 spiro atoms. The molecule has 1 saturated heterocycles. The molecule has 3 fully saturated rings. The number of nitrogens with zero attached hydrogens (tertiary/aromatic N) is 5. The molecular weight excluding hydrogens is 426 g/mol. The van der Waals surface area contributed by atoms with Gasteiger partial charge in [0.1, 0.15) is 11.9 Å². The number of benzene rings is 1. The monoisotopic (exact) mass is 453 g/mol. The number of fused-ring (bicyclic) bond motifs is 1. The van der Waals surface area contributed by atoms with Crippen LogP contribution in [0.15, 0.2) is 42.7 Å². The molecule has 1 aromatic carbocycles. The van der Waals surface area contributed by atoms with Crippen molar-refractivity contribution in [1.82, 2.24) is 14.9 Å². The summed E-state index contributed by atoms with van der Waals surface area (Å²) in [5.41, 5.74) is 3.24. The fourth-order valence-electron chi connectivity index (χ4n) is 5.66. The summed E-state index contributed by atoms with van der Waals surface area (Å²) >= 11 is 0. The van der Waals surface area contributed by atoms with Crippen molar-refractivity contribution in [1.29, 1.82) is 5.26 Å². The first-order chi connectivity index (χ1) is 16.5. The normalized spacial score (nSPS) is 22.6. The van der Waals surface area contributed by atoms with E-state index in [1.165, 1.54) is 0 Å². The molecule has 0 bridgehead atoms. The average Bonchev–Trinajstić information content (AvgIpc) is 3.75. The Morgan fingerprint density at radius 3 is 2.71 bits per heavy atom. The van der Waals surface area contributed by atoms with Crippen LogP contribution in [-0.4, -0.2) is 51.2 Å². The van der Waals surface area contributed by atoms with E-state index in [0.717, 1.165) is 53.3 Å². The van der Waals surface area contributed by atoms with E-state index >= 15 is 0 Å². The Morgan fingerprint density at radius 1 is 1.18 bits per heavy atom. The van der Waals surface area contributed by atoms with Crippen molar-refractivity contribution >= 4 is 22.7 Å². The number of piperazine rings is 1. The lowest BCUT2D eigenvalue weighted by atomic mass is 9.90. The third-order valence-corrected chi connectivity index (χ3v) is 7.80. The van der Waals surface area contributed by atoms with Crippen molar-refractivity contribution in [2.24, 2.45) is 5.92 Å². The van der Waals surface area contributed by atoms with Crippen LogP contribution in [0.2, 0.25) is 0 Å². The fourth-order valence-corrected chi connectivity index (χ4v) is 5.66. The number of carboxylic acid groups (broad SMARTS) is 1. The van der Waals surface area contributed by atoms with E-state index in [2.05, 4.69) is 35.0 Å². The lowest BCUT2D eigenvalue weighted by molar-refractivity contribution is 0.0622. The maximum Gasteiger partial charge on any atom is 0.407 e. The largest absolute Gasteiger partial charge is 0.465 e. The first-order valence-corrected chi connectivity index (χ1v) is 12.0. The smallest absolute Gasteiger partial charge is 0.407 e. The van der Waals surface area contributed by atoms with E-state index in [9.17, 15) is 15.2 Å². The van der Waals surface area contributed by atoms with Crippen molar-refractivity contribution in [3.8, 4) is 17.2 Å². The molecule has 0 radical (unpaired) electrons. The predicted molar refractivity (Wildman–Crippen MR) is 130 cm³/mol. The number of amides is 1. The summed E-state index contributed by atoms with van der Waals surface area (Å²) in [7, 11) is 0. The molecule has 34 heavy (non-hydrogen) atoms. The molecule has 0 unspecified atom stereocenters. The summed E-state index contributed by atoms with van der Waals surface area (Å²) in [6, 6.07) is 12.6. The van der Waals surface area contributed by atoms with Crippen molar-refractivity contribution in [3.05, 3.63) is 54.0 Å². The van der Waals surface area contributed by atoms with Gasteiger partial charge < -0.3 is 10.0 Å². The van der Waals surface area contributed by atoms with Crippen molar-refractivity contribution in [2.75, 3.05) is 24.5 Å². The second-order valence-electron chi connectivity index (χ2n) is 10.1. The minimum absolute atomic E-state index is 0.364. The maximum atomic E-state index is 12.0. The molecule has 3 aliphatic rings. The number of pyridine rings is 2. The van der Waals surface area contributed by atoms with Crippen LogP contribution in [0, 0.1) is 17.2 Å². The summed E-state index contributed by atoms with van der Waals surface area (Å²) in [4.78, 5) is 25.1. The van der Waals surface area contributed by atoms with E-state index in [0.29, 0.717) is 42.9 Å². The van der Waals surface area contributed by atoms with Crippen LogP contribution in [-0.2, 0) is 0 Å². The Labute approximate surface area is 198 Å². The molecule has 2 aromatic heterocycles. The summed E-state index contributed by atoms with van der Waals surface area (Å²) in [5, 5.41) is 22.1. The van der Waals surface area contributed by atoms with Gasteiger partial charge in [0, 0.05) is 48.9 Å². The number of rotatable bonds is 4. The van der Waals surface area contributed by atoms with Crippen LogP contribution in [0.5, 0.6) is 0 Å². The van der Waals surface area contributed by atoms with Gasteiger partial charge in [-0.2, -0.15) is 5.26 Å². The van der Waals surface area contributed by atoms with Gasteiger partial charge in [0.05, 0.1) is 16.8 Å². The van der Waals surface area contributed by atoms with E-state index in [-0.39, 0.29) is 0 Å². The predicted octanol–water partition coefficient (Wildman–Crippen LogP) is 5.01. The number of anilines is 1. The second-order valence-corrected chi connectivity index (χ2v) is 10.1. The molecule has 1 amide bonds. The number of aromatic nitrogens is 2. The molecule has 2 aliphatic carbocycles. The third kappa shape index (κ3) is 3.37. The third-order valence-electron chi connectivity index (χ3n) is 7.80. The zero-order valence-electron chi connectivity index (χ0n) is 19.2. The Morgan fingerprint density at radius 2 is 2.00 bits per heavy atom. The molecule has 1 atom stereocenters. The van der Waals surface area contributed by atoms with Crippen LogP contribution >= 0.6 is 0 Å². The molecule has 2 saturated carbocycles. The topological polar surface area (TPSA) is 93.4 Å². The van der Waals surface area contributed by atoms with Crippen LogP contribution in [0.25, 0.3) is 21.9 Å². The van der Waals surface area contributed by atoms with E-state index in [1.54, 1.807) is 11.1 Å². The van der Waals surface area contributed by atoms with Crippen LogP contribution in [0.1, 0.15) is 49.8 Å². The molecule has 1 aliphatic heterocycles. The van der Waals surface area contributed by atoms with Crippen molar-refractivity contribution < 1.29 is 9.90 Å². The highest BCUT2D eigenvalue weighted by molar-refractivity contribution is 5.97. The van der Waals surface area contributed by atoms with Gasteiger partial charge in [0.2, 0.25) is 0 Å². The minimum Gasteiger partial charge on any atom is -0.465 e. The van der Waals surface area contributed by atoms with Crippen molar-refractivity contribution in [2.45, 2.75) is 44.1 Å². The molecular formula is C27H27N5O2. The summed E-state index contributed by atoms with van der Waals surface area (Å²) < 4.78 is 0. The van der Waals surface area contributed by atoms with Gasteiger partial charge in [-0.05, 0) is 61.6 Å².